The van der Waals surface area contributed by atoms with E-state index in [1.165, 1.54) is 0 Å². The molecule has 2 amide bonds. The van der Waals surface area contributed by atoms with Gasteiger partial charge in [-0.25, -0.2) is 4.79 Å². The highest BCUT2D eigenvalue weighted by molar-refractivity contribution is 5.75. The maximum atomic E-state index is 11.8. The molecule has 108 valence electrons. The summed E-state index contributed by atoms with van der Waals surface area (Å²) in [6, 6.07) is 0.298. The first-order valence-electron chi connectivity index (χ1n) is 7.12. The number of urea groups is 1. The predicted molar refractivity (Wildman–Crippen MR) is 71.8 cm³/mol. The number of rotatable bonds is 3. The summed E-state index contributed by atoms with van der Waals surface area (Å²) in [5.74, 6) is -0.905. The van der Waals surface area contributed by atoms with Crippen LogP contribution in [0.3, 0.4) is 0 Å². The van der Waals surface area contributed by atoms with Crippen LogP contribution in [-0.2, 0) is 4.79 Å². The standard InChI is InChI=1S/C14H24N2O3/c1-8-11(16-13(19)15-9-4-5-9)7-6-10(12(17)18)14(8,2)3/h8-11H,4-7H2,1-3H3,(H,17,18)(H2,15,16,19). The predicted octanol–water partition coefficient (Wildman–Crippen LogP) is 1.97. The second-order valence-corrected chi connectivity index (χ2v) is 6.58. The van der Waals surface area contributed by atoms with E-state index in [1.54, 1.807) is 0 Å². The summed E-state index contributed by atoms with van der Waals surface area (Å²) in [6.45, 7) is 6.02. The van der Waals surface area contributed by atoms with Crippen molar-refractivity contribution in [2.75, 3.05) is 0 Å². The Kier molecular flexibility index (Phi) is 3.74. The van der Waals surface area contributed by atoms with Gasteiger partial charge in [0.2, 0.25) is 0 Å². The topological polar surface area (TPSA) is 78.4 Å². The number of carboxylic acid groups (broad SMARTS) is 1. The second kappa shape index (κ2) is 5.02. The molecule has 2 rings (SSSR count). The first kappa shape index (κ1) is 14.2. The van der Waals surface area contributed by atoms with Gasteiger partial charge >= 0.3 is 12.0 Å². The monoisotopic (exact) mass is 268 g/mol. The maximum Gasteiger partial charge on any atom is 0.315 e. The van der Waals surface area contributed by atoms with Crippen molar-refractivity contribution in [2.24, 2.45) is 17.3 Å². The summed E-state index contributed by atoms with van der Waals surface area (Å²) in [7, 11) is 0. The molecule has 3 unspecified atom stereocenters. The van der Waals surface area contributed by atoms with Crippen molar-refractivity contribution in [3.63, 3.8) is 0 Å². The van der Waals surface area contributed by atoms with Crippen LogP contribution < -0.4 is 10.6 Å². The SMILES string of the molecule is CC1C(NC(=O)NC2CC2)CCC(C(=O)O)C1(C)C. The lowest BCUT2D eigenvalue weighted by molar-refractivity contribution is -0.150. The van der Waals surface area contributed by atoms with E-state index in [4.69, 9.17) is 0 Å². The van der Waals surface area contributed by atoms with E-state index in [9.17, 15) is 14.7 Å². The number of hydrogen-bond acceptors (Lipinski definition) is 2. The molecule has 2 aliphatic rings. The molecule has 0 aliphatic heterocycles. The number of aliphatic carboxylic acids is 1. The van der Waals surface area contributed by atoms with Gasteiger partial charge in [0.05, 0.1) is 5.92 Å². The highest BCUT2D eigenvalue weighted by Crippen LogP contribution is 2.45. The van der Waals surface area contributed by atoms with Gasteiger partial charge in [-0.05, 0) is 37.0 Å². The van der Waals surface area contributed by atoms with Crippen molar-refractivity contribution < 1.29 is 14.7 Å². The first-order valence-corrected chi connectivity index (χ1v) is 7.12. The molecule has 3 N–H and O–H groups in total. The summed E-state index contributed by atoms with van der Waals surface area (Å²) in [4.78, 5) is 23.1. The van der Waals surface area contributed by atoms with Gasteiger partial charge in [0.15, 0.2) is 0 Å². The van der Waals surface area contributed by atoms with E-state index in [-0.39, 0.29) is 29.3 Å². The Morgan fingerprint density at radius 3 is 2.26 bits per heavy atom. The van der Waals surface area contributed by atoms with E-state index >= 15 is 0 Å². The molecule has 3 atom stereocenters. The molecule has 2 saturated carbocycles. The van der Waals surface area contributed by atoms with Crippen molar-refractivity contribution in [1.82, 2.24) is 10.6 Å². The Hall–Kier alpha value is -1.26. The van der Waals surface area contributed by atoms with Crippen molar-refractivity contribution in [1.29, 1.82) is 0 Å². The zero-order valence-electron chi connectivity index (χ0n) is 11.9. The molecule has 0 aromatic carbocycles. The van der Waals surface area contributed by atoms with Crippen LogP contribution >= 0.6 is 0 Å². The van der Waals surface area contributed by atoms with Gasteiger partial charge < -0.3 is 15.7 Å². The third kappa shape index (κ3) is 3.01. The van der Waals surface area contributed by atoms with Gasteiger partial charge in [0.25, 0.3) is 0 Å². The average Bonchev–Trinajstić information content (AvgIpc) is 3.08. The van der Waals surface area contributed by atoms with Gasteiger partial charge in [-0.1, -0.05) is 20.8 Å². The summed E-state index contributed by atoms with van der Waals surface area (Å²) in [5, 5.41) is 15.2. The maximum absolute atomic E-state index is 11.8. The summed E-state index contributed by atoms with van der Waals surface area (Å²) < 4.78 is 0. The minimum atomic E-state index is -0.724. The molecule has 19 heavy (non-hydrogen) atoms. The minimum absolute atomic E-state index is 0.0596. The fraction of sp³-hybridized carbons (Fsp3) is 0.857. The van der Waals surface area contributed by atoms with Crippen molar-refractivity contribution in [3.05, 3.63) is 0 Å². The number of hydrogen-bond donors (Lipinski definition) is 3. The molecule has 0 radical (unpaired) electrons. The Bertz CT molecular complexity index is 377. The van der Waals surface area contributed by atoms with Gasteiger partial charge in [-0.3, -0.25) is 4.79 Å². The quantitative estimate of drug-likeness (QED) is 0.732. The lowest BCUT2D eigenvalue weighted by atomic mass is 9.61. The van der Waals surface area contributed by atoms with E-state index < -0.39 is 5.97 Å². The third-order valence-corrected chi connectivity index (χ3v) is 4.97. The molecule has 2 fully saturated rings. The highest BCUT2D eigenvalue weighted by atomic mass is 16.4. The largest absolute Gasteiger partial charge is 0.481 e. The fourth-order valence-corrected chi connectivity index (χ4v) is 3.07. The number of carbonyl (C=O) groups is 2. The Labute approximate surface area is 114 Å². The molecular formula is C14H24N2O3. The summed E-state index contributed by atoms with van der Waals surface area (Å²) >= 11 is 0. The lowest BCUT2D eigenvalue weighted by Crippen LogP contribution is -2.54. The first-order chi connectivity index (χ1) is 8.82. The van der Waals surface area contributed by atoms with Crippen molar-refractivity contribution in [3.8, 4) is 0 Å². The molecule has 0 saturated heterocycles. The third-order valence-electron chi connectivity index (χ3n) is 4.97. The van der Waals surface area contributed by atoms with Crippen molar-refractivity contribution in [2.45, 2.75) is 58.5 Å². The smallest absolute Gasteiger partial charge is 0.315 e. The van der Waals surface area contributed by atoms with E-state index in [0.29, 0.717) is 12.5 Å². The van der Waals surface area contributed by atoms with Crippen LogP contribution in [-0.4, -0.2) is 29.2 Å². The van der Waals surface area contributed by atoms with Crippen LogP contribution in [0.15, 0.2) is 0 Å². The molecule has 0 aromatic heterocycles. The number of carboxylic acids is 1. The average molecular weight is 268 g/mol. The van der Waals surface area contributed by atoms with Crippen LogP contribution in [0, 0.1) is 17.3 Å². The Balaban J connectivity index is 1.96. The van der Waals surface area contributed by atoms with Gasteiger partial charge in [0, 0.05) is 12.1 Å². The number of nitrogens with one attached hydrogen (secondary N) is 2. The fourth-order valence-electron chi connectivity index (χ4n) is 3.07. The van der Waals surface area contributed by atoms with E-state index in [0.717, 1.165) is 19.3 Å². The lowest BCUT2D eigenvalue weighted by Gasteiger charge is -2.46. The van der Waals surface area contributed by atoms with Crippen LogP contribution in [0.4, 0.5) is 4.79 Å². The normalized spacial score (nSPS) is 33.5. The second-order valence-electron chi connectivity index (χ2n) is 6.58. The van der Waals surface area contributed by atoms with Crippen LogP contribution in [0.5, 0.6) is 0 Å². The summed E-state index contributed by atoms with van der Waals surface area (Å²) in [6.07, 6.45) is 3.50. The molecule has 0 spiro atoms. The van der Waals surface area contributed by atoms with E-state index in [2.05, 4.69) is 10.6 Å². The zero-order valence-corrected chi connectivity index (χ0v) is 11.9. The Morgan fingerprint density at radius 1 is 1.11 bits per heavy atom. The number of carbonyl (C=O) groups excluding carboxylic acids is 1. The van der Waals surface area contributed by atoms with Gasteiger partial charge in [-0.2, -0.15) is 0 Å². The molecule has 5 heteroatoms. The molecule has 5 nitrogen and oxygen atoms in total. The van der Waals surface area contributed by atoms with Gasteiger partial charge in [0.1, 0.15) is 0 Å². The molecule has 0 bridgehead atoms. The zero-order chi connectivity index (χ0) is 14.2. The summed E-state index contributed by atoms with van der Waals surface area (Å²) in [5.41, 5.74) is -0.304. The van der Waals surface area contributed by atoms with E-state index in [1.807, 2.05) is 20.8 Å². The molecular weight excluding hydrogens is 244 g/mol. The van der Waals surface area contributed by atoms with Crippen molar-refractivity contribution >= 4 is 12.0 Å². The van der Waals surface area contributed by atoms with Crippen LogP contribution in [0.25, 0.3) is 0 Å². The number of amides is 2. The van der Waals surface area contributed by atoms with Gasteiger partial charge in [-0.15, -0.1) is 0 Å². The molecule has 0 heterocycles. The molecule has 2 aliphatic carbocycles. The minimum Gasteiger partial charge on any atom is -0.481 e. The Morgan fingerprint density at radius 2 is 1.74 bits per heavy atom. The van der Waals surface area contributed by atoms with Crippen LogP contribution in [0.2, 0.25) is 0 Å². The molecule has 0 aromatic rings. The van der Waals surface area contributed by atoms with Crippen LogP contribution in [0.1, 0.15) is 46.5 Å². The highest BCUT2D eigenvalue weighted by Gasteiger charge is 2.46.